The summed E-state index contributed by atoms with van der Waals surface area (Å²) in [7, 11) is 1.80. The molecule has 3 aromatic rings. The summed E-state index contributed by atoms with van der Waals surface area (Å²) in [5.41, 5.74) is 5.06. The highest BCUT2D eigenvalue weighted by atomic mass is 127. The molecular weight excluding hydrogens is 423 g/mol. The fraction of sp³-hybridized carbons (Fsp3) is 0.250. The molecule has 0 spiro atoms. The van der Waals surface area contributed by atoms with Gasteiger partial charge in [-0.3, -0.25) is 4.99 Å². The maximum atomic E-state index is 4.28. The number of aromatic amines is 1. The molecule has 4 nitrogen and oxygen atoms in total. The van der Waals surface area contributed by atoms with E-state index in [0.29, 0.717) is 0 Å². The first-order valence-electron chi connectivity index (χ1n) is 8.31. The number of aliphatic imine (C=N–C) groups is 1. The highest BCUT2D eigenvalue weighted by Gasteiger charge is 2.04. The zero-order valence-electron chi connectivity index (χ0n) is 14.7. The Balaban J connectivity index is 0.00000225. The van der Waals surface area contributed by atoms with E-state index in [1.165, 1.54) is 27.6 Å². The highest BCUT2D eigenvalue weighted by molar-refractivity contribution is 14.0. The smallest absolute Gasteiger partial charge is 0.191 e. The van der Waals surface area contributed by atoms with Crippen molar-refractivity contribution in [1.82, 2.24) is 15.6 Å². The molecule has 132 valence electrons. The van der Waals surface area contributed by atoms with Crippen molar-refractivity contribution in [2.45, 2.75) is 19.9 Å². The van der Waals surface area contributed by atoms with Crippen LogP contribution in [0.1, 0.15) is 16.7 Å². The standard InChI is InChI=1S/C20H24N4.HI/c1-15-8-9-18-17(14-23-19(18)12-15)10-11-22-20(21-2)24-13-16-6-4-3-5-7-16;/h3-9,12,14,23H,10-11,13H2,1-2H3,(H2,21,22,24);1H. The number of aromatic nitrogens is 1. The van der Waals surface area contributed by atoms with Crippen LogP contribution < -0.4 is 10.6 Å². The number of rotatable bonds is 5. The predicted molar refractivity (Wildman–Crippen MR) is 117 cm³/mol. The molecule has 1 heterocycles. The van der Waals surface area contributed by atoms with Crippen LogP contribution in [0.2, 0.25) is 0 Å². The zero-order chi connectivity index (χ0) is 16.8. The van der Waals surface area contributed by atoms with E-state index in [1.807, 2.05) is 18.2 Å². The van der Waals surface area contributed by atoms with Crippen LogP contribution in [0.5, 0.6) is 0 Å². The van der Waals surface area contributed by atoms with Gasteiger partial charge in [-0.05, 0) is 36.1 Å². The Morgan fingerprint density at radius 2 is 1.88 bits per heavy atom. The van der Waals surface area contributed by atoms with Crippen LogP contribution in [0.25, 0.3) is 10.9 Å². The van der Waals surface area contributed by atoms with Gasteiger partial charge in [-0.15, -0.1) is 24.0 Å². The summed E-state index contributed by atoms with van der Waals surface area (Å²) in [5, 5.41) is 8.02. The third-order valence-corrected chi connectivity index (χ3v) is 4.14. The van der Waals surface area contributed by atoms with Gasteiger partial charge in [-0.2, -0.15) is 0 Å². The summed E-state index contributed by atoms with van der Waals surface area (Å²) in [5.74, 6) is 0.828. The maximum absolute atomic E-state index is 4.28. The molecule has 0 bridgehead atoms. The van der Waals surface area contributed by atoms with Crippen molar-refractivity contribution in [3.63, 3.8) is 0 Å². The molecule has 3 N–H and O–H groups in total. The van der Waals surface area contributed by atoms with Crippen molar-refractivity contribution in [2.75, 3.05) is 13.6 Å². The quantitative estimate of drug-likeness (QED) is 0.314. The number of H-pyrrole nitrogens is 1. The Morgan fingerprint density at radius 3 is 2.64 bits per heavy atom. The number of guanidine groups is 1. The summed E-state index contributed by atoms with van der Waals surface area (Å²) < 4.78 is 0. The van der Waals surface area contributed by atoms with Gasteiger partial charge in [-0.1, -0.05) is 42.5 Å². The second-order valence-corrected chi connectivity index (χ2v) is 5.95. The lowest BCUT2D eigenvalue weighted by atomic mass is 10.1. The van der Waals surface area contributed by atoms with Crippen LogP contribution in [0.4, 0.5) is 0 Å². The van der Waals surface area contributed by atoms with Gasteiger partial charge in [0.05, 0.1) is 0 Å². The van der Waals surface area contributed by atoms with Gasteiger partial charge in [0.15, 0.2) is 5.96 Å². The van der Waals surface area contributed by atoms with E-state index in [4.69, 9.17) is 0 Å². The fourth-order valence-electron chi connectivity index (χ4n) is 2.82. The monoisotopic (exact) mass is 448 g/mol. The number of halogens is 1. The van der Waals surface area contributed by atoms with Crippen LogP contribution in [0.3, 0.4) is 0 Å². The number of fused-ring (bicyclic) bond motifs is 1. The second-order valence-electron chi connectivity index (χ2n) is 5.95. The van der Waals surface area contributed by atoms with Crippen molar-refractivity contribution >= 4 is 40.8 Å². The highest BCUT2D eigenvalue weighted by Crippen LogP contribution is 2.19. The normalized spacial score (nSPS) is 11.2. The Labute approximate surface area is 166 Å². The molecule has 0 amide bonds. The molecule has 0 atom stereocenters. The van der Waals surface area contributed by atoms with Gasteiger partial charge < -0.3 is 15.6 Å². The molecule has 0 unspecified atom stereocenters. The van der Waals surface area contributed by atoms with Gasteiger partial charge in [-0.25, -0.2) is 0 Å². The third kappa shape index (κ3) is 5.22. The molecule has 0 saturated heterocycles. The second kappa shape index (κ2) is 9.46. The Hall–Kier alpha value is -2.02. The van der Waals surface area contributed by atoms with Crippen LogP contribution >= 0.6 is 24.0 Å². The maximum Gasteiger partial charge on any atom is 0.191 e. The first-order valence-corrected chi connectivity index (χ1v) is 8.31. The minimum absolute atomic E-state index is 0. The van der Waals surface area contributed by atoms with Crippen LogP contribution in [0.15, 0.2) is 59.7 Å². The first-order chi connectivity index (χ1) is 11.8. The van der Waals surface area contributed by atoms with E-state index in [2.05, 4.69) is 64.1 Å². The van der Waals surface area contributed by atoms with Gasteiger partial charge in [0, 0.05) is 37.2 Å². The van der Waals surface area contributed by atoms with Gasteiger partial charge >= 0.3 is 0 Å². The largest absolute Gasteiger partial charge is 0.361 e. The van der Waals surface area contributed by atoms with E-state index in [1.54, 1.807) is 7.05 Å². The van der Waals surface area contributed by atoms with E-state index in [9.17, 15) is 0 Å². The number of benzene rings is 2. The molecule has 0 aliphatic heterocycles. The van der Waals surface area contributed by atoms with E-state index >= 15 is 0 Å². The topological polar surface area (TPSA) is 52.2 Å². The SMILES string of the molecule is CN=C(NCCc1c[nH]c2cc(C)ccc12)NCc1ccccc1.I. The number of hydrogen-bond donors (Lipinski definition) is 3. The summed E-state index contributed by atoms with van der Waals surface area (Å²) in [6, 6.07) is 16.9. The molecule has 25 heavy (non-hydrogen) atoms. The lowest BCUT2D eigenvalue weighted by Gasteiger charge is -2.11. The molecule has 0 fully saturated rings. The summed E-state index contributed by atoms with van der Waals surface area (Å²) in [4.78, 5) is 7.64. The van der Waals surface area contributed by atoms with Gasteiger partial charge in [0.25, 0.3) is 0 Å². The van der Waals surface area contributed by atoms with Crippen molar-refractivity contribution in [3.8, 4) is 0 Å². The Morgan fingerprint density at radius 1 is 1.08 bits per heavy atom. The fourth-order valence-corrected chi connectivity index (χ4v) is 2.82. The summed E-state index contributed by atoms with van der Waals surface area (Å²) >= 11 is 0. The average molecular weight is 448 g/mol. The lowest BCUT2D eigenvalue weighted by molar-refractivity contribution is 0.796. The van der Waals surface area contributed by atoms with Crippen molar-refractivity contribution < 1.29 is 0 Å². The third-order valence-electron chi connectivity index (χ3n) is 4.14. The van der Waals surface area contributed by atoms with Gasteiger partial charge in [0.1, 0.15) is 0 Å². The molecule has 0 aliphatic carbocycles. The van der Waals surface area contributed by atoms with Crippen LogP contribution in [-0.2, 0) is 13.0 Å². The van der Waals surface area contributed by atoms with E-state index in [0.717, 1.165) is 25.5 Å². The van der Waals surface area contributed by atoms with Crippen molar-refractivity contribution in [1.29, 1.82) is 0 Å². The van der Waals surface area contributed by atoms with E-state index in [-0.39, 0.29) is 24.0 Å². The van der Waals surface area contributed by atoms with Crippen LogP contribution in [-0.4, -0.2) is 24.5 Å². The lowest BCUT2D eigenvalue weighted by Crippen LogP contribution is -2.37. The Kier molecular flexibility index (Phi) is 7.31. The number of hydrogen-bond acceptors (Lipinski definition) is 1. The summed E-state index contributed by atoms with van der Waals surface area (Å²) in [6.07, 6.45) is 3.06. The van der Waals surface area contributed by atoms with E-state index < -0.39 is 0 Å². The average Bonchev–Trinajstić information content (AvgIpc) is 3.01. The van der Waals surface area contributed by atoms with Gasteiger partial charge in [0.2, 0.25) is 0 Å². The number of nitrogens with zero attached hydrogens (tertiary/aromatic N) is 1. The molecule has 0 aliphatic rings. The molecule has 0 saturated carbocycles. The first kappa shape index (κ1) is 19.3. The number of nitrogens with one attached hydrogen (secondary N) is 3. The minimum atomic E-state index is 0. The predicted octanol–water partition coefficient (Wildman–Crippen LogP) is 4.00. The zero-order valence-corrected chi connectivity index (χ0v) is 17.0. The molecule has 1 aromatic heterocycles. The number of aryl methyl sites for hydroxylation is 1. The van der Waals surface area contributed by atoms with Crippen molar-refractivity contribution in [3.05, 3.63) is 71.4 Å². The Bertz CT molecular complexity index is 824. The molecular formula is C20H25IN4. The molecule has 2 aromatic carbocycles. The molecule has 3 rings (SSSR count). The molecule has 5 heteroatoms. The van der Waals surface area contributed by atoms with Crippen LogP contribution in [0, 0.1) is 6.92 Å². The molecule has 0 radical (unpaired) electrons. The summed E-state index contributed by atoms with van der Waals surface area (Å²) in [6.45, 7) is 3.73. The minimum Gasteiger partial charge on any atom is -0.361 e. The van der Waals surface area contributed by atoms with Crippen molar-refractivity contribution in [2.24, 2.45) is 4.99 Å².